The highest BCUT2D eigenvalue weighted by Gasteiger charge is 2.25. The number of primary amides is 1. The Kier molecular flexibility index (Phi) is 3.25. The standard InChI is InChI=1S/C8H15N3O2/c1-8(2-4-13-5-3-8)6-10-11-7(9)12/h6H,2-5H2,1H3,(H3,9,11,12)/b10-6+. The van der Waals surface area contributed by atoms with E-state index in [1.54, 1.807) is 6.21 Å². The normalized spacial score (nSPS) is 21.6. The second-order valence-corrected chi connectivity index (χ2v) is 3.50. The van der Waals surface area contributed by atoms with Gasteiger partial charge in [0.25, 0.3) is 0 Å². The Labute approximate surface area is 77.3 Å². The third-order valence-electron chi connectivity index (χ3n) is 2.19. The molecule has 1 aliphatic rings. The number of carbonyl (C=O) groups is 1. The molecule has 0 saturated carbocycles. The number of hydrogen-bond acceptors (Lipinski definition) is 3. The maximum absolute atomic E-state index is 10.3. The van der Waals surface area contributed by atoms with Crippen LogP contribution in [0, 0.1) is 5.41 Å². The van der Waals surface area contributed by atoms with E-state index in [0.29, 0.717) is 0 Å². The van der Waals surface area contributed by atoms with Crippen molar-refractivity contribution >= 4 is 12.2 Å². The van der Waals surface area contributed by atoms with Gasteiger partial charge >= 0.3 is 6.03 Å². The quantitative estimate of drug-likeness (QED) is 0.484. The first-order chi connectivity index (χ1) is 6.12. The van der Waals surface area contributed by atoms with Crippen molar-refractivity contribution in [3.8, 4) is 0 Å². The summed E-state index contributed by atoms with van der Waals surface area (Å²) in [6.45, 7) is 3.58. The molecule has 3 N–H and O–H groups in total. The number of ether oxygens (including phenoxy) is 1. The van der Waals surface area contributed by atoms with Crippen LogP contribution in [0.5, 0.6) is 0 Å². The zero-order valence-corrected chi connectivity index (χ0v) is 7.75. The lowest BCUT2D eigenvalue weighted by Gasteiger charge is -2.29. The number of amides is 2. The van der Waals surface area contributed by atoms with Gasteiger partial charge in [-0.25, -0.2) is 10.2 Å². The Morgan fingerprint density at radius 1 is 1.62 bits per heavy atom. The molecule has 5 nitrogen and oxygen atoms in total. The largest absolute Gasteiger partial charge is 0.381 e. The predicted molar refractivity (Wildman–Crippen MR) is 49.4 cm³/mol. The minimum absolute atomic E-state index is 0.0285. The van der Waals surface area contributed by atoms with E-state index in [9.17, 15) is 4.79 Å². The summed E-state index contributed by atoms with van der Waals surface area (Å²) in [4.78, 5) is 10.3. The van der Waals surface area contributed by atoms with E-state index in [1.165, 1.54) is 0 Å². The molecule has 1 saturated heterocycles. The summed E-state index contributed by atoms with van der Waals surface area (Å²) in [5.74, 6) is 0. The van der Waals surface area contributed by atoms with Gasteiger partial charge in [-0.1, -0.05) is 6.92 Å². The number of urea groups is 1. The first-order valence-electron chi connectivity index (χ1n) is 4.30. The van der Waals surface area contributed by atoms with Gasteiger partial charge in [0.05, 0.1) is 0 Å². The third kappa shape index (κ3) is 3.42. The summed E-state index contributed by atoms with van der Waals surface area (Å²) < 4.78 is 5.22. The molecular formula is C8H15N3O2. The van der Waals surface area contributed by atoms with Crippen LogP contribution >= 0.6 is 0 Å². The van der Waals surface area contributed by atoms with Crippen LogP contribution in [-0.4, -0.2) is 25.5 Å². The molecule has 0 aromatic rings. The Hall–Kier alpha value is -1.10. The van der Waals surface area contributed by atoms with Crippen LogP contribution in [0.3, 0.4) is 0 Å². The fourth-order valence-electron chi connectivity index (χ4n) is 1.22. The van der Waals surface area contributed by atoms with Gasteiger partial charge in [0.15, 0.2) is 0 Å². The molecule has 0 bridgehead atoms. The molecular weight excluding hydrogens is 170 g/mol. The first kappa shape index (κ1) is 9.98. The van der Waals surface area contributed by atoms with Gasteiger partial charge in [-0.05, 0) is 12.8 Å². The predicted octanol–water partition coefficient (Wildman–Crippen LogP) is 0.457. The Bertz CT molecular complexity index is 209. The molecule has 0 spiro atoms. The lowest BCUT2D eigenvalue weighted by Crippen LogP contribution is -2.30. The van der Waals surface area contributed by atoms with Crippen LogP contribution < -0.4 is 11.2 Å². The number of hydrogen-bond donors (Lipinski definition) is 2. The van der Waals surface area contributed by atoms with E-state index in [0.717, 1.165) is 26.1 Å². The molecule has 0 aromatic carbocycles. The first-order valence-corrected chi connectivity index (χ1v) is 4.30. The van der Waals surface area contributed by atoms with Crippen LogP contribution in [0.4, 0.5) is 4.79 Å². The molecule has 74 valence electrons. The highest BCUT2D eigenvalue weighted by atomic mass is 16.5. The number of hydrazone groups is 1. The summed E-state index contributed by atoms with van der Waals surface area (Å²) in [5, 5.41) is 3.76. The highest BCUT2D eigenvalue weighted by Crippen LogP contribution is 2.26. The molecule has 2 amide bonds. The summed E-state index contributed by atoms with van der Waals surface area (Å²) in [5.41, 5.74) is 7.08. The molecule has 1 aliphatic heterocycles. The van der Waals surface area contributed by atoms with E-state index in [2.05, 4.69) is 17.5 Å². The number of rotatable bonds is 2. The zero-order chi connectivity index (χ0) is 9.73. The minimum Gasteiger partial charge on any atom is -0.381 e. The van der Waals surface area contributed by atoms with Crippen LogP contribution in [0.1, 0.15) is 19.8 Å². The molecule has 1 rings (SSSR count). The highest BCUT2D eigenvalue weighted by molar-refractivity contribution is 5.74. The molecule has 1 fully saturated rings. The van der Waals surface area contributed by atoms with Gasteiger partial charge in [-0.15, -0.1) is 0 Å². The molecule has 0 radical (unpaired) electrons. The van der Waals surface area contributed by atoms with Crippen molar-refractivity contribution in [1.82, 2.24) is 5.43 Å². The van der Waals surface area contributed by atoms with Gasteiger partial charge in [0.2, 0.25) is 0 Å². The number of carbonyl (C=O) groups excluding carboxylic acids is 1. The van der Waals surface area contributed by atoms with Gasteiger partial charge in [0.1, 0.15) is 0 Å². The lowest BCUT2D eigenvalue weighted by atomic mass is 9.84. The molecule has 0 unspecified atom stereocenters. The van der Waals surface area contributed by atoms with Gasteiger partial charge < -0.3 is 10.5 Å². The summed E-state index contributed by atoms with van der Waals surface area (Å²) >= 11 is 0. The van der Waals surface area contributed by atoms with Crippen molar-refractivity contribution in [1.29, 1.82) is 0 Å². The van der Waals surface area contributed by atoms with Gasteiger partial charge in [-0.3, -0.25) is 0 Å². The molecule has 1 heterocycles. The summed E-state index contributed by atoms with van der Waals surface area (Å²) in [7, 11) is 0. The Morgan fingerprint density at radius 3 is 2.77 bits per heavy atom. The van der Waals surface area contributed by atoms with Crippen LogP contribution in [0.2, 0.25) is 0 Å². The molecule has 5 heteroatoms. The van der Waals surface area contributed by atoms with E-state index in [1.807, 2.05) is 0 Å². The molecule has 13 heavy (non-hydrogen) atoms. The average Bonchev–Trinajstić information content (AvgIpc) is 2.04. The number of nitrogens with two attached hydrogens (primary N) is 1. The van der Waals surface area contributed by atoms with Gasteiger partial charge in [0, 0.05) is 24.8 Å². The van der Waals surface area contributed by atoms with Crippen LogP contribution in [0.15, 0.2) is 5.10 Å². The maximum Gasteiger partial charge on any atom is 0.332 e. The van der Waals surface area contributed by atoms with E-state index >= 15 is 0 Å². The van der Waals surface area contributed by atoms with Crippen molar-refractivity contribution in [2.24, 2.45) is 16.3 Å². The fourth-order valence-corrected chi connectivity index (χ4v) is 1.22. The lowest BCUT2D eigenvalue weighted by molar-refractivity contribution is 0.0540. The van der Waals surface area contributed by atoms with Crippen LogP contribution in [-0.2, 0) is 4.74 Å². The Balaban J connectivity index is 2.40. The molecule has 0 atom stereocenters. The smallest absolute Gasteiger partial charge is 0.332 e. The summed E-state index contributed by atoms with van der Waals surface area (Å²) in [6.07, 6.45) is 3.59. The second-order valence-electron chi connectivity index (χ2n) is 3.50. The average molecular weight is 185 g/mol. The number of nitrogens with one attached hydrogen (secondary N) is 1. The van der Waals surface area contributed by atoms with Crippen molar-refractivity contribution in [2.75, 3.05) is 13.2 Å². The number of nitrogens with zero attached hydrogens (tertiary/aromatic N) is 1. The Morgan fingerprint density at radius 2 is 2.23 bits per heavy atom. The minimum atomic E-state index is -0.632. The van der Waals surface area contributed by atoms with E-state index in [4.69, 9.17) is 10.5 Å². The van der Waals surface area contributed by atoms with Crippen molar-refractivity contribution in [2.45, 2.75) is 19.8 Å². The second kappa shape index (κ2) is 4.23. The topological polar surface area (TPSA) is 76.7 Å². The maximum atomic E-state index is 10.3. The van der Waals surface area contributed by atoms with E-state index < -0.39 is 6.03 Å². The molecule has 0 aromatic heterocycles. The molecule has 0 aliphatic carbocycles. The van der Waals surface area contributed by atoms with E-state index in [-0.39, 0.29) is 5.41 Å². The monoisotopic (exact) mass is 185 g/mol. The van der Waals surface area contributed by atoms with Crippen molar-refractivity contribution < 1.29 is 9.53 Å². The zero-order valence-electron chi connectivity index (χ0n) is 7.75. The van der Waals surface area contributed by atoms with Crippen LogP contribution in [0.25, 0.3) is 0 Å². The van der Waals surface area contributed by atoms with Gasteiger partial charge in [-0.2, -0.15) is 5.10 Å². The third-order valence-corrected chi connectivity index (χ3v) is 2.19. The van der Waals surface area contributed by atoms with Crippen molar-refractivity contribution in [3.63, 3.8) is 0 Å². The van der Waals surface area contributed by atoms with Crippen molar-refractivity contribution in [3.05, 3.63) is 0 Å². The summed E-state index contributed by atoms with van der Waals surface area (Å²) in [6, 6.07) is -0.632. The fraction of sp³-hybridized carbons (Fsp3) is 0.750. The SMILES string of the molecule is CC1(/C=N/NC(N)=O)CCOCC1.